The predicted octanol–water partition coefficient (Wildman–Crippen LogP) is 20.2. The van der Waals surface area contributed by atoms with E-state index in [0.717, 1.165) is 171 Å². The van der Waals surface area contributed by atoms with Gasteiger partial charge in [-0.05, 0) is 127 Å². The van der Waals surface area contributed by atoms with E-state index in [1.807, 2.05) is 49.1 Å². The third kappa shape index (κ3) is 6.76. The van der Waals surface area contributed by atoms with Crippen molar-refractivity contribution in [1.82, 2.24) is 37.8 Å². The first-order chi connectivity index (χ1) is 47.0. The Morgan fingerprint density at radius 2 is 0.811 bits per heavy atom. The number of pyridine rings is 3. The van der Waals surface area contributed by atoms with Gasteiger partial charge in [0.15, 0.2) is 5.69 Å². The molecule has 19 aromatic rings. The van der Waals surface area contributed by atoms with Gasteiger partial charge in [-0.25, -0.2) is 4.85 Å². The number of hydrogen-bond donors (Lipinski definition) is 0. The molecule has 0 saturated heterocycles. The van der Waals surface area contributed by atoms with E-state index in [1.165, 1.54) is 0 Å². The minimum Gasteiger partial charge on any atom is -0.457 e. The molecule has 1 spiro atoms. The van der Waals surface area contributed by atoms with E-state index in [9.17, 15) is 5.26 Å². The molecule has 0 radical (unpaired) electrons. The molecular formula is C84H46N10O. The van der Waals surface area contributed by atoms with Gasteiger partial charge in [-0.15, -0.1) is 0 Å². The van der Waals surface area contributed by atoms with Crippen LogP contribution in [0.5, 0.6) is 11.5 Å². The maximum atomic E-state index is 9.99. The Bertz CT molecular complexity index is 6480. The van der Waals surface area contributed by atoms with E-state index in [0.29, 0.717) is 22.7 Å². The molecule has 8 aromatic heterocycles. The summed E-state index contributed by atoms with van der Waals surface area (Å²) in [5, 5.41) is 20.9. The van der Waals surface area contributed by atoms with Gasteiger partial charge in [-0.3, -0.25) is 15.0 Å². The topological polar surface area (TPSA) is 101 Å². The molecule has 11 heteroatoms. The summed E-state index contributed by atoms with van der Waals surface area (Å²) >= 11 is 0. The van der Waals surface area contributed by atoms with Crippen LogP contribution in [0.1, 0.15) is 27.8 Å². The van der Waals surface area contributed by atoms with Crippen molar-refractivity contribution in [3.63, 3.8) is 0 Å². The summed E-state index contributed by atoms with van der Waals surface area (Å²) in [5.41, 5.74) is 20.3. The second-order valence-electron chi connectivity index (χ2n) is 24.9. The van der Waals surface area contributed by atoms with Crippen molar-refractivity contribution in [1.29, 1.82) is 5.26 Å². The fraction of sp³-hybridized carbons (Fsp3) is 0.0119. The van der Waals surface area contributed by atoms with E-state index < -0.39 is 5.41 Å². The highest BCUT2D eigenvalue weighted by Gasteiger charge is 2.55. The van der Waals surface area contributed by atoms with Gasteiger partial charge in [0, 0.05) is 94.4 Å². The number of rotatable bonds is 5. The van der Waals surface area contributed by atoms with Crippen LogP contribution in [0.15, 0.2) is 280 Å². The van der Waals surface area contributed by atoms with Crippen LogP contribution in [0.2, 0.25) is 0 Å². The zero-order valence-corrected chi connectivity index (χ0v) is 50.4. The Kier molecular flexibility index (Phi) is 10.2. The number of para-hydroxylation sites is 6. The van der Waals surface area contributed by atoms with Gasteiger partial charge < -0.3 is 27.6 Å². The lowest BCUT2D eigenvalue weighted by Gasteiger charge is -2.40. The van der Waals surface area contributed by atoms with Crippen LogP contribution in [0.25, 0.3) is 154 Å². The molecule has 11 aromatic carbocycles. The number of aromatic nitrogens is 8. The van der Waals surface area contributed by atoms with Crippen molar-refractivity contribution in [2.75, 3.05) is 0 Å². The fourth-order valence-electron chi connectivity index (χ4n) is 16.6. The minimum atomic E-state index is -1.17. The van der Waals surface area contributed by atoms with Crippen LogP contribution in [0.4, 0.5) is 5.69 Å². The normalized spacial score (nSPS) is 13.0. The summed E-state index contributed by atoms with van der Waals surface area (Å²) in [7, 11) is 0. The molecule has 9 heterocycles. The number of benzene rings is 11. The number of hydrogen-bond acceptors (Lipinski definition) is 5. The molecule has 0 saturated carbocycles. The van der Waals surface area contributed by atoms with E-state index >= 15 is 0 Å². The minimum absolute atomic E-state index is 0.574. The van der Waals surface area contributed by atoms with Crippen LogP contribution in [0.3, 0.4) is 0 Å². The first-order valence-electron chi connectivity index (χ1n) is 31.7. The van der Waals surface area contributed by atoms with Gasteiger partial charge in [0.25, 0.3) is 0 Å². The van der Waals surface area contributed by atoms with Gasteiger partial charge in [-0.2, -0.15) is 5.26 Å². The molecule has 0 N–H and O–H groups in total. The lowest BCUT2D eigenvalue weighted by Crippen LogP contribution is -2.34. The number of ether oxygens (including phenoxy) is 1. The van der Waals surface area contributed by atoms with Crippen molar-refractivity contribution in [2.24, 2.45) is 0 Å². The molecule has 438 valence electrons. The Balaban J connectivity index is 0.872. The average molecular weight is 1210 g/mol. The second-order valence-corrected chi connectivity index (χ2v) is 24.9. The standard InChI is InChI=1S/C84H46N10O/c1-86-50-30-35-76-63(40-50)60-20-7-13-26-73(60)94(76)77-27-14-28-79-81(77)84(65-33-31-52(44-80(65)95-79)91-75-36-32-51(41-64(75)61-37-38-87-48-78(61)91)90-72-25-12-6-19-59(72)62-39-49(45-85)29-34-74(62)90)66-42-53(92-68-21-8-2-15-55(68)56-16-3-9-22-69(56)92)46-88-82(66)83-67(84)43-54(47-89-83)93-70-23-10-4-17-57(70)58-18-5-11-24-71(58)93/h2-44,46-48H. The van der Waals surface area contributed by atoms with Crippen LogP contribution < -0.4 is 4.74 Å². The van der Waals surface area contributed by atoms with E-state index in [1.54, 1.807) is 0 Å². The van der Waals surface area contributed by atoms with Crippen molar-refractivity contribution in [2.45, 2.75) is 5.41 Å². The molecule has 0 atom stereocenters. The van der Waals surface area contributed by atoms with E-state index in [4.69, 9.17) is 26.3 Å². The summed E-state index contributed by atoms with van der Waals surface area (Å²) in [5.74, 6) is 1.36. The monoisotopic (exact) mass is 1210 g/mol. The summed E-state index contributed by atoms with van der Waals surface area (Å²) in [4.78, 5) is 20.1. The molecular weight excluding hydrogens is 1160 g/mol. The Morgan fingerprint density at radius 3 is 1.39 bits per heavy atom. The highest BCUT2D eigenvalue weighted by Crippen LogP contribution is 2.64. The highest BCUT2D eigenvalue weighted by atomic mass is 16.5. The van der Waals surface area contributed by atoms with Gasteiger partial charge in [-0.1, -0.05) is 127 Å². The smallest absolute Gasteiger partial charge is 0.188 e. The van der Waals surface area contributed by atoms with Gasteiger partial charge >= 0.3 is 0 Å². The Hall–Kier alpha value is -13.4. The lowest BCUT2D eigenvalue weighted by molar-refractivity contribution is 0.435. The van der Waals surface area contributed by atoms with Crippen LogP contribution in [0, 0.1) is 17.9 Å². The molecule has 0 amide bonds. The molecule has 21 rings (SSSR count). The molecule has 0 unspecified atom stereocenters. The maximum absolute atomic E-state index is 9.99. The summed E-state index contributed by atoms with van der Waals surface area (Å²) in [6, 6.07) is 92.6. The molecule has 0 bridgehead atoms. The first kappa shape index (κ1) is 51.4. The van der Waals surface area contributed by atoms with Gasteiger partial charge in [0.1, 0.15) is 11.5 Å². The molecule has 95 heavy (non-hydrogen) atoms. The Labute approximate surface area is 541 Å². The highest BCUT2D eigenvalue weighted by molar-refractivity contribution is 6.15. The molecule has 11 nitrogen and oxygen atoms in total. The zero-order chi connectivity index (χ0) is 62.4. The first-order valence-corrected chi connectivity index (χ1v) is 31.7. The maximum Gasteiger partial charge on any atom is 0.188 e. The lowest BCUT2D eigenvalue weighted by atomic mass is 9.65. The number of nitriles is 1. The molecule has 1 aliphatic heterocycles. The average Bonchev–Trinajstić information content (AvgIpc) is 1.57. The summed E-state index contributed by atoms with van der Waals surface area (Å²) < 4.78 is 19.4. The van der Waals surface area contributed by atoms with Crippen LogP contribution >= 0.6 is 0 Å². The molecule has 1 aliphatic carbocycles. The number of fused-ring (bicyclic) bond motifs is 24. The largest absolute Gasteiger partial charge is 0.457 e. The van der Waals surface area contributed by atoms with Crippen molar-refractivity contribution < 1.29 is 4.74 Å². The second kappa shape index (κ2) is 18.9. The van der Waals surface area contributed by atoms with Crippen molar-refractivity contribution in [3.8, 4) is 57.4 Å². The van der Waals surface area contributed by atoms with Gasteiger partial charge in [0.05, 0.1) is 126 Å². The molecule has 2 aliphatic rings. The summed E-state index contributed by atoms with van der Waals surface area (Å²) in [6.07, 6.45) is 7.88. The molecule has 0 fully saturated rings. The predicted molar refractivity (Wildman–Crippen MR) is 380 cm³/mol. The van der Waals surface area contributed by atoms with E-state index in [-0.39, 0.29) is 0 Å². The quantitative estimate of drug-likeness (QED) is 0.160. The van der Waals surface area contributed by atoms with Crippen molar-refractivity contribution in [3.05, 3.63) is 319 Å². The fourth-order valence-corrected chi connectivity index (χ4v) is 16.6. The van der Waals surface area contributed by atoms with Crippen molar-refractivity contribution >= 4 is 115 Å². The zero-order valence-electron chi connectivity index (χ0n) is 50.4. The van der Waals surface area contributed by atoms with Crippen LogP contribution in [-0.4, -0.2) is 37.8 Å². The third-order valence-electron chi connectivity index (χ3n) is 20.3. The SMILES string of the molecule is [C-]#[N+]c1ccc2c(c1)c1ccccc1n2-c1cccc2c1C1(c3ccc(-n4c5ccc(-n6c7ccccc7c7cc(C#N)ccc76)cc5c5ccncc54)cc3O2)c2cc(-n3c4ccccc4c4ccccc43)cnc2-c2ncc(-n3c4ccccc4c4ccccc43)cc21. The number of nitrogens with zero attached hydrogens (tertiary/aromatic N) is 10. The third-order valence-corrected chi connectivity index (χ3v) is 20.3. The van der Waals surface area contributed by atoms with Crippen LogP contribution in [-0.2, 0) is 5.41 Å². The summed E-state index contributed by atoms with van der Waals surface area (Å²) in [6.45, 7) is 8.16. The van der Waals surface area contributed by atoms with Gasteiger partial charge in [0.2, 0.25) is 0 Å². The Morgan fingerprint density at radius 1 is 0.358 bits per heavy atom. The van der Waals surface area contributed by atoms with E-state index in [2.05, 4.69) is 264 Å².